The Morgan fingerprint density at radius 3 is 2.62 bits per heavy atom. The molecule has 0 aliphatic heterocycles. The first kappa shape index (κ1) is 21.2. The molecule has 0 unspecified atom stereocenters. The van der Waals surface area contributed by atoms with Crippen molar-refractivity contribution in [2.45, 2.75) is 38.2 Å². The number of rotatable bonds is 9. The van der Waals surface area contributed by atoms with E-state index in [1.807, 2.05) is 66.9 Å². The van der Waals surface area contributed by atoms with E-state index in [4.69, 9.17) is 16.3 Å². The highest BCUT2D eigenvalue weighted by molar-refractivity contribution is 7.99. The molecule has 8 heteroatoms. The second kappa shape index (κ2) is 10.3. The Morgan fingerprint density at radius 1 is 1.17 bits per heavy atom. The molecule has 0 bridgehead atoms. The van der Waals surface area contributed by atoms with Crippen molar-refractivity contribution in [2.75, 3.05) is 5.75 Å². The van der Waals surface area contributed by atoms with Crippen molar-refractivity contribution < 1.29 is 9.53 Å². The van der Waals surface area contributed by atoms with E-state index >= 15 is 0 Å². The lowest BCUT2D eigenvalue weighted by Gasteiger charge is -2.16. The van der Waals surface area contributed by atoms with Crippen LogP contribution in [0.1, 0.15) is 31.3 Å². The number of carbonyl (C=O) groups excluding carboxylic acids is 1. The van der Waals surface area contributed by atoms with Crippen LogP contribution in [0.2, 0.25) is 5.02 Å². The molecule has 0 spiro atoms. The van der Waals surface area contributed by atoms with E-state index in [-0.39, 0.29) is 17.8 Å². The van der Waals surface area contributed by atoms with E-state index < -0.39 is 0 Å². The van der Waals surface area contributed by atoms with Gasteiger partial charge >= 0.3 is 0 Å². The molecule has 1 atom stereocenters. The lowest BCUT2D eigenvalue weighted by atomic mass is 10.2. The Hall–Kier alpha value is -2.51. The van der Waals surface area contributed by atoms with Gasteiger partial charge in [-0.2, -0.15) is 0 Å². The molecule has 1 heterocycles. The molecule has 3 rings (SSSR count). The summed E-state index contributed by atoms with van der Waals surface area (Å²) in [5, 5.41) is 12.7. The summed E-state index contributed by atoms with van der Waals surface area (Å²) >= 11 is 7.54. The van der Waals surface area contributed by atoms with Gasteiger partial charge in [-0.05, 0) is 31.5 Å². The van der Waals surface area contributed by atoms with Gasteiger partial charge in [0.25, 0.3) is 0 Å². The number of ether oxygens (including phenoxy) is 1. The zero-order valence-electron chi connectivity index (χ0n) is 16.3. The van der Waals surface area contributed by atoms with Gasteiger partial charge in [-0.15, -0.1) is 10.2 Å². The van der Waals surface area contributed by atoms with Crippen molar-refractivity contribution in [2.24, 2.45) is 0 Å². The number of thioether (sulfide) groups is 1. The molecule has 2 aromatic carbocycles. The Balaban J connectivity index is 1.58. The van der Waals surface area contributed by atoms with Crippen molar-refractivity contribution in [1.29, 1.82) is 0 Å². The van der Waals surface area contributed by atoms with Crippen LogP contribution < -0.4 is 10.1 Å². The molecule has 3 aromatic rings. The molecule has 0 saturated carbocycles. The summed E-state index contributed by atoms with van der Waals surface area (Å²) < 4.78 is 7.91. The molecular weight excluding hydrogens is 408 g/mol. The van der Waals surface area contributed by atoms with Gasteiger partial charge in [-0.3, -0.25) is 4.79 Å². The van der Waals surface area contributed by atoms with E-state index in [2.05, 4.69) is 15.5 Å². The van der Waals surface area contributed by atoms with Crippen LogP contribution in [0.4, 0.5) is 0 Å². The molecule has 29 heavy (non-hydrogen) atoms. The third kappa shape index (κ3) is 5.74. The second-order valence-electron chi connectivity index (χ2n) is 6.33. The number of hydrogen-bond donors (Lipinski definition) is 1. The number of amides is 1. The molecular formula is C21H23ClN4O2S. The highest BCUT2D eigenvalue weighted by Gasteiger charge is 2.20. The number of carbonyl (C=O) groups is 1. The highest BCUT2D eigenvalue weighted by atomic mass is 35.5. The first-order valence-corrected chi connectivity index (χ1v) is 10.7. The summed E-state index contributed by atoms with van der Waals surface area (Å²) in [7, 11) is 0. The number of halogens is 1. The Labute approximate surface area is 179 Å². The quantitative estimate of drug-likeness (QED) is 0.506. The Morgan fingerprint density at radius 2 is 1.90 bits per heavy atom. The van der Waals surface area contributed by atoms with Crippen LogP contribution in [0.15, 0.2) is 59.8 Å². The maximum atomic E-state index is 12.2. The first-order chi connectivity index (χ1) is 14.1. The monoisotopic (exact) mass is 430 g/mol. The van der Waals surface area contributed by atoms with Gasteiger partial charge < -0.3 is 14.6 Å². The standard InChI is InChI=1S/C21H23ClN4O2S/c1-3-26-20(15(2)28-18-12-8-7-11-17(18)22)24-25-21(26)29-14-19(27)23-13-16-9-5-4-6-10-16/h4-12,15H,3,13-14H2,1-2H3,(H,23,27)/t15-/m0/s1. The maximum Gasteiger partial charge on any atom is 0.230 e. The molecule has 0 saturated heterocycles. The Kier molecular flexibility index (Phi) is 7.55. The molecule has 0 aliphatic rings. The first-order valence-electron chi connectivity index (χ1n) is 9.36. The van der Waals surface area contributed by atoms with Crippen LogP contribution in [0, 0.1) is 0 Å². The van der Waals surface area contributed by atoms with Crippen molar-refractivity contribution in [3.05, 3.63) is 71.0 Å². The van der Waals surface area contributed by atoms with Crippen LogP contribution in [0.25, 0.3) is 0 Å². The van der Waals surface area contributed by atoms with Gasteiger partial charge in [-0.1, -0.05) is 65.8 Å². The predicted octanol–water partition coefficient (Wildman–Crippen LogP) is 4.50. The molecule has 1 amide bonds. The smallest absolute Gasteiger partial charge is 0.230 e. The SMILES string of the molecule is CCn1c(SCC(=O)NCc2ccccc2)nnc1[C@H](C)Oc1ccccc1Cl. The van der Waals surface area contributed by atoms with Crippen molar-refractivity contribution in [3.63, 3.8) is 0 Å². The van der Waals surface area contributed by atoms with E-state index in [0.717, 1.165) is 5.56 Å². The fourth-order valence-corrected chi connectivity index (χ4v) is 3.79. The lowest BCUT2D eigenvalue weighted by Crippen LogP contribution is -2.24. The molecule has 1 N–H and O–H groups in total. The van der Waals surface area contributed by atoms with Crippen LogP contribution in [-0.2, 0) is 17.9 Å². The average molecular weight is 431 g/mol. The second-order valence-corrected chi connectivity index (χ2v) is 7.68. The van der Waals surface area contributed by atoms with Crippen LogP contribution in [-0.4, -0.2) is 26.4 Å². The molecule has 0 fully saturated rings. The molecule has 1 aromatic heterocycles. The topological polar surface area (TPSA) is 69.0 Å². The van der Waals surface area contributed by atoms with Crippen LogP contribution >= 0.6 is 23.4 Å². The third-order valence-corrected chi connectivity index (χ3v) is 5.51. The largest absolute Gasteiger partial charge is 0.481 e. The van der Waals surface area contributed by atoms with E-state index in [0.29, 0.717) is 34.8 Å². The fourth-order valence-electron chi connectivity index (χ4n) is 2.77. The molecule has 0 radical (unpaired) electrons. The van der Waals surface area contributed by atoms with E-state index in [9.17, 15) is 4.79 Å². The van der Waals surface area contributed by atoms with Gasteiger partial charge in [0.15, 0.2) is 17.1 Å². The lowest BCUT2D eigenvalue weighted by molar-refractivity contribution is -0.118. The Bertz CT molecular complexity index is 949. The van der Waals surface area contributed by atoms with Gasteiger partial charge in [0.1, 0.15) is 5.75 Å². The number of nitrogens with zero attached hydrogens (tertiary/aromatic N) is 3. The molecule has 0 aliphatic carbocycles. The van der Waals surface area contributed by atoms with E-state index in [1.165, 1.54) is 11.8 Å². The van der Waals surface area contributed by atoms with Gasteiger partial charge in [0.05, 0.1) is 10.8 Å². The van der Waals surface area contributed by atoms with Crippen molar-refractivity contribution >= 4 is 29.3 Å². The zero-order valence-corrected chi connectivity index (χ0v) is 17.9. The predicted molar refractivity (Wildman–Crippen MR) is 115 cm³/mol. The van der Waals surface area contributed by atoms with Gasteiger partial charge in [-0.25, -0.2) is 0 Å². The fraction of sp³-hybridized carbons (Fsp3) is 0.286. The minimum absolute atomic E-state index is 0.0496. The highest BCUT2D eigenvalue weighted by Crippen LogP contribution is 2.29. The minimum atomic E-state index is -0.330. The number of aromatic nitrogens is 3. The summed E-state index contributed by atoms with van der Waals surface area (Å²) in [6.07, 6.45) is -0.330. The summed E-state index contributed by atoms with van der Waals surface area (Å²) in [5.41, 5.74) is 1.07. The number of nitrogens with one attached hydrogen (secondary N) is 1. The summed E-state index contributed by atoms with van der Waals surface area (Å²) in [5.74, 6) is 1.51. The molecule has 152 valence electrons. The van der Waals surface area contributed by atoms with E-state index in [1.54, 1.807) is 6.07 Å². The maximum absolute atomic E-state index is 12.2. The summed E-state index contributed by atoms with van der Waals surface area (Å²) in [4.78, 5) is 12.2. The minimum Gasteiger partial charge on any atom is -0.481 e. The van der Waals surface area contributed by atoms with Crippen molar-refractivity contribution in [1.82, 2.24) is 20.1 Å². The normalized spacial score (nSPS) is 11.8. The van der Waals surface area contributed by atoms with Crippen LogP contribution in [0.5, 0.6) is 5.75 Å². The average Bonchev–Trinajstić information content (AvgIpc) is 3.16. The number of benzene rings is 2. The third-order valence-electron chi connectivity index (χ3n) is 4.23. The number of para-hydroxylation sites is 1. The van der Waals surface area contributed by atoms with Gasteiger partial charge in [0.2, 0.25) is 5.91 Å². The van der Waals surface area contributed by atoms with Crippen molar-refractivity contribution in [3.8, 4) is 5.75 Å². The van der Waals surface area contributed by atoms with Gasteiger partial charge in [0, 0.05) is 13.1 Å². The zero-order chi connectivity index (χ0) is 20.6. The molecule has 6 nitrogen and oxygen atoms in total. The summed E-state index contributed by atoms with van der Waals surface area (Å²) in [6.45, 7) is 5.09. The van der Waals surface area contributed by atoms with Crippen LogP contribution in [0.3, 0.4) is 0 Å². The summed E-state index contributed by atoms with van der Waals surface area (Å²) in [6, 6.07) is 17.1. The number of hydrogen-bond acceptors (Lipinski definition) is 5.